The first-order chi connectivity index (χ1) is 16.6. The highest BCUT2D eigenvalue weighted by molar-refractivity contribution is 6.07. The third kappa shape index (κ3) is 3.79. The summed E-state index contributed by atoms with van der Waals surface area (Å²) in [4.78, 5) is 20.2. The summed E-state index contributed by atoms with van der Waals surface area (Å²) in [6.45, 7) is 2.07. The molecule has 3 aromatic carbocycles. The molecule has 0 unspecified atom stereocenters. The maximum Gasteiger partial charge on any atom is 0.264 e. The zero-order chi connectivity index (χ0) is 23.7. The molecule has 0 saturated heterocycles. The number of hydrogen-bond acceptors (Lipinski definition) is 5. The smallest absolute Gasteiger partial charge is 0.264 e. The number of aromatic nitrogens is 3. The zero-order valence-corrected chi connectivity index (χ0v) is 19.4. The van der Waals surface area contributed by atoms with Gasteiger partial charge in [-0.2, -0.15) is 10.1 Å². The molecule has 2 heterocycles. The summed E-state index contributed by atoms with van der Waals surface area (Å²) < 4.78 is 12.7. The number of fused-ring (bicyclic) bond motifs is 1. The SMILES string of the molecule is COc1ccc([C@@H]2C[C@@H](c3ccc(C)cc3)n3ncnc3N2C(=O)c2ccccc2OC)cc1. The third-order valence-corrected chi connectivity index (χ3v) is 6.34. The van der Waals surface area contributed by atoms with E-state index >= 15 is 0 Å². The van der Waals surface area contributed by atoms with Crippen molar-refractivity contribution in [1.82, 2.24) is 14.8 Å². The van der Waals surface area contributed by atoms with Crippen LogP contribution in [0.2, 0.25) is 0 Å². The van der Waals surface area contributed by atoms with Crippen molar-refractivity contribution in [3.8, 4) is 11.5 Å². The Kier molecular flexibility index (Phi) is 5.76. The van der Waals surface area contributed by atoms with E-state index in [9.17, 15) is 4.79 Å². The Morgan fingerprint density at radius 3 is 2.26 bits per heavy atom. The van der Waals surface area contributed by atoms with E-state index in [4.69, 9.17) is 9.47 Å². The van der Waals surface area contributed by atoms with Crippen molar-refractivity contribution in [3.63, 3.8) is 0 Å². The number of carbonyl (C=O) groups is 1. The van der Waals surface area contributed by atoms with Crippen molar-refractivity contribution in [1.29, 1.82) is 0 Å². The van der Waals surface area contributed by atoms with Crippen LogP contribution in [-0.2, 0) is 0 Å². The van der Waals surface area contributed by atoms with Gasteiger partial charge in [-0.25, -0.2) is 4.68 Å². The largest absolute Gasteiger partial charge is 0.497 e. The molecule has 0 fully saturated rings. The fourth-order valence-corrected chi connectivity index (χ4v) is 4.55. The van der Waals surface area contributed by atoms with Gasteiger partial charge in [0.1, 0.15) is 17.8 Å². The lowest BCUT2D eigenvalue weighted by molar-refractivity contribution is 0.0960. The lowest BCUT2D eigenvalue weighted by Gasteiger charge is -2.39. The summed E-state index contributed by atoms with van der Waals surface area (Å²) in [7, 11) is 3.21. The second kappa shape index (κ2) is 9.02. The normalized spacial score (nSPS) is 17.2. The van der Waals surface area contributed by atoms with E-state index in [1.54, 1.807) is 31.3 Å². The summed E-state index contributed by atoms with van der Waals surface area (Å²) in [5.74, 6) is 1.61. The molecule has 0 aliphatic carbocycles. The molecule has 0 bridgehead atoms. The molecule has 1 aromatic heterocycles. The fraction of sp³-hybridized carbons (Fsp3) is 0.222. The Hall–Kier alpha value is -4.13. The first kappa shape index (κ1) is 21.7. The molecular weight excluding hydrogens is 428 g/mol. The highest BCUT2D eigenvalue weighted by Gasteiger charge is 2.40. The van der Waals surface area contributed by atoms with Crippen molar-refractivity contribution in [2.45, 2.75) is 25.4 Å². The van der Waals surface area contributed by atoms with Gasteiger partial charge in [0.25, 0.3) is 5.91 Å². The summed E-state index contributed by atoms with van der Waals surface area (Å²) in [5, 5.41) is 4.52. The highest BCUT2D eigenvalue weighted by Crippen LogP contribution is 2.43. The number of benzene rings is 3. The van der Waals surface area contributed by atoms with Crippen LogP contribution < -0.4 is 14.4 Å². The molecule has 1 amide bonds. The average Bonchev–Trinajstić information content (AvgIpc) is 3.38. The van der Waals surface area contributed by atoms with Gasteiger partial charge in [0.15, 0.2) is 0 Å². The van der Waals surface area contributed by atoms with E-state index in [2.05, 4.69) is 41.3 Å². The number of para-hydroxylation sites is 1. The first-order valence-corrected chi connectivity index (χ1v) is 11.2. The summed E-state index contributed by atoms with van der Waals surface area (Å²) in [5.41, 5.74) is 3.79. The number of carbonyl (C=O) groups excluding carboxylic acids is 1. The Labute approximate surface area is 198 Å². The van der Waals surface area contributed by atoms with Crippen LogP contribution in [0.5, 0.6) is 11.5 Å². The summed E-state index contributed by atoms with van der Waals surface area (Å²) >= 11 is 0. The van der Waals surface area contributed by atoms with Crippen LogP contribution in [-0.4, -0.2) is 34.9 Å². The van der Waals surface area contributed by atoms with E-state index in [0.29, 0.717) is 23.7 Å². The van der Waals surface area contributed by atoms with Crippen molar-refractivity contribution < 1.29 is 14.3 Å². The zero-order valence-electron chi connectivity index (χ0n) is 19.4. The molecule has 0 saturated carbocycles. The van der Waals surface area contributed by atoms with Crippen LogP contribution in [0.25, 0.3) is 0 Å². The van der Waals surface area contributed by atoms with Gasteiger partial charge in [-0.1, -0.05) is 54.1 Å². The summed E-state index contributed by atoms with van der Waals surface area (Å²) in [6, 6.07) is 23.2. The molecule has 34 heavy (non-hydrogen) atoms. The van der Waals surface area contributed by atoms with Gasteiger partial charge in [-0.3, -0.25) is 9.69 Å². The molecule has 1 aliphatic rings. The molecule has 0 N–H and O–H groups in total. The average molecular weight is 455 g/mol. The Balaban J connectivity index is 1.65. The van der Waals surface area contributed by atoms with E-state index in [1.165, 1.54) is 11.9 Å². The quantitative estimate of drug-likeness (QED) is 0.425. The predicted molar refractivity (Wildman–Crippen MR) is 129 cm³/mol. The fourth-order valence-electron chi connectivity index (χ4n) is 4.55. The van der Waals surface area contributed by atoms with Gasteiger partial charge in [0.2, 0.25) is 5.95 Å². The first-order valence-electron chi connectivity index (χ1n) is 11.2. The highest BCUT2D eigenvalue weighted by atomic mass is 16.5. The molecule has 172 valence electrons. The molecular formula is C27H26N4O3. The van der Waals surface area contributed by atoms with Crippen LogP contribution in [0.3, 0.4) is 0 Å². The van der Waals surface area contributed by atoms with E-state index in [0.717, 1.165) is 16.9 Å². The number of methoxy groups -OCH3 is 2. The summed E-state index contributed by atoms with van der Waals surface area (Å²) in [6.07, 6.45) is 2.15. The monoisotopic (exact) mass is 454 g/mol. The van der Waals surface area contributed by atoms with Crippen LogP contribution in [0.1, 0.15) is 45.6 Å². The lowest BCUT2D eigenvalue weighted by atomic mass is 9.91. The van der Waals surface area contributed by atoms with Crippen LogP contribution in [0.4, 0.5) is 5.95 Å². The van der Waals surface area contributed by atoms with Gasteiger partial charge in [0.05, 0.1) is 31.9 Å². The van der Waals surface area contributed by atoms with Crippen molar-refractivity contribution >= 4 is 11.9 Å². The lowest BCUT2D eigenvalue weighted by Crippen LogP contribution is -2.42. The number of rotatable bonds is 5. The standard InChI is InChI=1S/C27H26N4O3/c1-18-8-10-20(11-9-18)24-16-23(19-12-14-21(33-2)15-13-19)30(27-28-17-29-31(24)27)26(32)22-6-4-5-7-25(22)34-3/h4-15,17,23-24H,16H2,1-3H3/t23-,24-/m0/s1. The molecule has 4 aromatic rings. The van der Waals surface area contributed by atoms with E-state index < -0.39 is 0 Å². The maximum absolute atomic E-state index is 14.0. The van der Waals surface area contributed by atoms with Crippen LogP contribution in [0, 0.1) is 6.92 Å². The minimum Gasteiger partial charge on any atom is -0.497 e. The topological polar surface area (TPSA) is 69.5 Å². The number of hydrogen-bond donors (Lipinski definition) is 0. The van der Waals surface area contributed by atoms with Gasteiger partial charge < -0.3 is 9.47 Å². The maximum atomic E-state index is 14.0. The minimum absolute atomic E-state index is 0.0630. The number of nitrogens with zero attached hydrogens (tertiary/aromatic N) is 4. The molecule has 0 radical (unpaired) electrons. The van der Waals surface area contributed by atoms with Crippen molar-refractivity contribution in [3.05, 3.63) is 101 Å². The predicted octanol–water partition coefficient (Wildman–Crippen LogP) is 4.98. The van der Waals surface area contributed by atoms with Gasteiger partial charge in [0, 0.05) is 0 Å². The molecule has 5 rings (SSSR count). The van der Waals surface area contributed by atoms with E-state index in [-0.39, 0.29) is 18.0 Å². The number of anilines is 1. The van der Waals surface area contributed by atoms with Gasteiger partial charge >= 0.3 is 0 Å². The minimum atomic E-state index is -0.258. The van der Waals surface area contributed by atoms with Crippen LogP contribution >= 0.6 is 0 Å². The third-order valence-electron chi connectivity index (χ3n) is 6.34. The molecule has 7 heteroatoms. The van der Waals surface area contributed by atoms with Crippen LogP contribution in [0.15, 0.2) is 79.1 Å². The molecule has 1 aliphatic heterocycles. The van der Waals surface area contributed by atoms with Gasteiger partial charge in [-0.15, -0.1) is 0 Å². The molecule has 2 atom stereocenters. The Morgan fingerprint density at radius 2 is 1.56 bits per heavy atom. The molecule has 7 nitrogen and oxygen atoms in total. The second-order valence-corrected chi connectivity index (χ2v) is 8.33. The second-order valence-electron chi connectivity index (χ2n) is 8.33. The number of ether oxygens (including phenoxy) is 2. The van der Waals surface area contributed by atoms with Crippen molar-refractivity contribution in [2.75, 3.05) is 19.1 Å². The number of amides is 1. The van der Waals surface area contributed by atoms with E-state index in [1.807, 2.05) is 41.1 Å². The molecule has 0 spiro atoms. The Morgan fingerprint density at radius 1 is 0.882 bits per heavy atom. The number of aryl methyl sites for hydroxylation is 1. The van der Waals surface area contributed by atoms with Gasteiger partial charge in [-0.05, 0) is 48.7 Å². The Bertz CT molecular complexity index is 1300. The van der Waals surface area contributed by atoms with Crippen molar-refractivity contribution in [2.24, 2.45) is 0 Å².